The molecule has 0 spiro atoms. The molecule has 730 valence electrons. The fourth-order valence-electron chi connectivity index (χ4n) is 21.9. The highest BCUT2D eigenvalue weighted by molar-refractivity contribution is 7.25. The van der Waals surface area contributed by atoms with Gasteiger partial charge in [-0.3, -0.25) is 0 Å². The number of oxazole rings is 4. The van der Waals surface area contributed by atoms with Gasteiger partial charge in [-0.2, -0.15) is 27.8 Å². The predicted molar refractivity (Wildman–Crippen MR) is 581 cm³/mol. The minimum atomic E-state index is 0.473. The van der Waals surface area contributed by atoms with Gasteiger partial charge in [0, 0.05) is 50.2 Å². The Morgan fingerprint density at radius 2 is 0.721 bits per heavy atom. The standard InChI is InChI=1S/C27H24N3O2.C26H22N3O2.C23H23N4O.C23H22N3O2.C23H22N3OS/c1-15-13-14-19-24(32-26-25(19)31-18(4)28-26)22(15)27-29(5)20-11-6-7-12-21(20)30(27)23-16(2)9-8-10-17(23)3;1-15-9-5-6-10-19(15)29-21-12-8-7-11-20(21)28(4)25(29)22-16(2)13-14-18-23-26(31-24(18)22)30-17(3)27-23;1-14-8-6-7-9-18(14)27-13-12-25(4)22(27)19-15(2)10-11-17-20-23(28-21(17)19)26(5)16(3)24-20;2*1-13-7-6-8-14(2)21(13)26-10-9-25(5)22(26)17-12-19-18(11-15(17)3)20-23(28-19)27-16(4)24-20/h6-14H,1-5H3;5-14H,1-4H3;6-13H,1-5H3;2*6-12H,1-5H3/q5*+1. The highest BCUT2D eigenvalue weighted by atomic mass is 32.1. The summed E-state index contributed by atoms with van der Waals surface area (Å²) in [5.41, 5.74) is 40.7. The highest BCUT2D eigenvalue weighted by Gasteiger charge is 2.38. The van der Waals surface area contributed by atoms with Gasteiger partial charge in [0.05, 0.1) is 62.5 Å². The van der Waals surface area contributed by atoms with Crippen LogP contribution >= 0.6 is 11.3 Å². The first-order valence-electron chi connectivity index (χ1n) is 49.4. The summed E-state index contributed by atoms with van der Waals surface area (Å²) >= 11 is 1.67. The molecule has 0 aliphatic carbocycles. The molecule has 27 aromatic rings. The number of hydrogen-bond acceptors (Lipinski definition) is 14. The number of imidazole rings is 6. The van der Waals surface area contributed by atoms with Crippen molar-refractivity contribution in [3.05, 3.63) is 351 Å². The summed E-state index contributed by atoms with van der Waals surface area (Å²) in [5, 5.41) is 5.12. The molecule has 0 radical (unpaired) electrons. The van der Waals surface area contributed by atoms with Gasteiger partial charge in [-0.25, -0.2) is 42.8 Å². The van der Waals surface area contributed by atoms with Crippen LogP contribution in [0, 0.1) is 125 Å². The topological polar surface area (TPSA) is 219 Å². The summed E-state index contributed by atoms with van der Waals surface area (Å²) in [6.45, 7) is 37.4. The second-order valence-electron chi connectivity index (χ2n) is 39.1. The number of furan rings is 4. The second kappa shape index (κ2) is 35.9. The number of aromatic nitrogens is 16. The lowest BCUT2D eigenvalue weighted by Gasteiger charge is -2.11. The van der Waals surface area contributed by atoms with Gasteiger partial charge in [0.1, 0.15) is 105 Å². The second-order valence-corrected chi connectivity index (χ2v) is 40.1. The Labute approximate surface area is 851 Å². The normalized spacial score (nSPS) is 11.8. The first-order chi connectivity index (χ1) is 70.8. The zero-order chi connectivity index (χ0) is 102. The number of nitrogens with zero attached hydrogens (tertiary/aromatic N) is 16. The molecule has 0 aliphatic rings. The van der Waals surface area contributed by atoms with Crippen LogP contribution in [0.3, 0.4) is 0 Å². The van der Waals surface area contributed by atoms with Crippen molar-refractivity contribution in [1.29, 1.82) is 0 Å². The van der Waals surface area contributed by atoms with Crippen molar-refractivity contribution >= 4 is 143 Å². The third kappa shape index (κ3) is 15.4. The SMILES string of the molecule is Cc1ccccc1-n1cc[n+](C)c1-c1c(C)ccc2c1oc1c2nc(C)n1C.Cc1nc2c(o1)oc1c(-c3n(-c4ccccc4C)c4ccccc4[n+]3C)c(C)ccc12.Cc1nc2c(o1)oc1cc(-c3n(-c4c(C)cccc4C)cc[n+]3C)c(C)cc12.Cc1nc2c(o1)sc1cc(-c3n(-c4c(C)cccc4C)cc[n+]3C)c(C)cc12.Cc1nc2oc3c(-c4n(-c5c(C)cccc5C)c5ccccc5[n+]4C)c(C)ccc3c2o1. The molecule has 0 bridgehead atoms. The van der Waals surface area contributed by atoms with E-state index in [-0.39, 0.29) is 0 Å². The Balaban J connectivity index is 0.000000101. The van der Waals surface area contributed by atoms with Gasteiger partial charge < -0.3 is 39.9 Å². The van der Waals surface area contributed by atoms with Gasteiger partial charge >= 0.3 is 11.6 Å². The van der Waals surface area contributed by atoms with Crippen LogP contribution in [0.1, 0.15) is 102 Å². The fraction of sp³-hybridized carbons (Fsp3) is 0.197. The molecule has 0 atom stereocenters. The average Bonchev–Trinajstić information content (AvgIpc) is 1.58. The van der Waals surface area contributed by atoms with Crippen molar-refractivity contribution in [1.82, 2.24) is 52.3 Å². The van der Waals surface area contributed by atoms with Crippen LogP contribution in [-0.2, 0) is 42.3 Å². The number of aryl methyl sites for hydroxylation is 24. The Hall–Kier alpha value is -17.3. The van der Waals surface area contributed by atoms with E-state index in [2.05, 4.69) is 440 Å². The number of para-hydroxylation sites is 9. The van der Waals surface area contributed by atoms with Gasteiger partial charge in [-0.15, -0.1) is 0 Å². The number of fused-ring (bicyclic) bond motifs is 17. The molecule has 15 aromatic heterocycles. The van der Waals surface area contributed by atoms with Gasteiger partial charge in [-0.1, -0.05) is 145 Å². The Kier molecular flexibility index (Phi) is 22.8. The summed E-state index contributed by atoms with van der Waals surface area (Å²) in [6.07, 6.45) is 12.7. The summed E-state index contributed by atoms with van der Waals surface area (Å²) in [7, 11) is 12.5. The van der Waals surface area contributed by atoms with Gasteiger partial charge in [0.25, 0.3) is 34.8 Å². The van der Waals surface area contributed by atoms with Crippen LogP contribution in [0.2, 0.25) is 0 Å². The van der Waals surface area contributed by atoms with E-state index >= 15 is 0 Å². The molecule has 0 aliphatic heterocycles. The first kappa shape index (κ1) is 93.3. The highest BCUT2D eigenvalue weighted by Crippen LogP contribution is 2.47. The largest absolute Gasteiger partial charge is 0.437 e. The average molecular weight is 1960 g/mol. The van der Waals surface area contributed by atoms with E-state index in [0.717, 1.165) is 178 Å². The molecular weight excluding hydrogens is 1850 g/mol. The molecule has 147 heavy (non-hydrogen) atoms. The van der Waals surface area contributed by atoms with E-state index in [1.165, 1.54) is 99.9 Å². The van der Waals surface area contributed by atoms with Crippen LogP contribution in [-0.4, -0.2) is 52.3 Å². The van der Waals surface area contributed by atoms with E-state index in [1.54, 1.807) is 11.3 Å². The Morgan fingerprint density at radius 3 is 1.29 bits per heavy atom. The maximum absolute atomic E-state index is 6.39. The molecule has 0 unspecified atom stereocenters. The maximum atomic E-state index is 6.39. The van der Waals surface area contributed by atoms with Crippen molar-refractivity contribution in [3.8, 4) is 85.4 Å². The van der Waals surface area contributed by atoms with Crippen LogP contribution < -0.4 is 22.8 Å². The smallest absolute Gasteiger partial charge is 0.319 e. The molecule has 0 fully saturated rings. The van der Waals surface area contributed by atoms with Crippen molar-refractivity contribution in [3.63, 3.8) is 0 Å². The summed E-state index contributed by atoms with van der Waals surface area (Å²) < 4.78 is 73.6. The Morgan fingerprint density at radius 1 is 0.293 bits per heavy atom. The minimum absolute atomic E-state index is 0.473. The quantitative estimate of drug-likeness (QED) is 0.117. The number of hydrogen-bond donors (Lipinski definition) is 0. The molecule has 27 rings (SSSR count). The third-order valence-corrected chi connectivity index (χ3v) is 30.1. The van der Waals surface area contributed by atoms with E-state index in [9.17, 15) is 0 Å². The predicted octanol–water partition coefficient (Wildman–Crippen LogP) is 27.4. The summed E-state index contributed by atoms with van der Waals surface area (Å²) in [4.78, 5) is 23.7. The van der Waals surface area contributed by atoms with Gasteiger partial charge in [0.15, 0.2) is 73.4 Å². The third-order valence-electron chi connectivity index (χ3n) is 29.0. The molecule has 0 saturated heterocycles. The number of benzene rings is 12. The zero-order valence-corrected chi connectivity index (χ0v) is 87.8. The molecule has 0 N–H and O–H groups in total. The van der Waals surface area contributed by atoms with Crippen molar-refractivity contribution in [2.45, 2.75) is 125 Å². The lowest BCUT2D eigenvalue weighted by Crippen LogP contribution is -2.30. The molecule has 15 heterocycles. The number of rotatable bonds is 10. The first-order valence-corrected chi connectivity index (χ1v) is 50.2. The van der Waals surface area contributed by atoms with Crippen molar-refractivity contribution in [2.75, 3.05) is 0 Å². The maximum Gasteiger partial charge on any atom is 0.319 e. The fourth-order valence-corrected chi connectivity index (χ4v) is 22.9. The van der Waals surface area contributed by atoms with Gasteiger partial charge in [-0.05, 0) is 248 Å². The van der Waals surface area contributed by atoms with E-state index in [0.29, 0.717) is 40.5 Å². The minimum Gasteiger partial charge on any atom is -0.437 e. The summed E-state index contributed by atoms with van der Waals surface area (Å²) in [6, 6.07) is 74.7. The van der Waals surface area contributed by atoms with E-state index in [1.807, 2.05) is 46.2 Å². The molecule has 25 heteroatoms. The number of thiophene rings is 1. The van der Waals surface area contributed by atoms with Crippen LogP contribution in [0.15, 0.2) is 285 Å². The van der Waals surface area contributed by atoms with Crippen molar-refractivity contribution in [2.24, 2.45) is 42.3 Å². The van der Waals surface area contributed by atoms with E-state index in [4.69, 9.17) is 40.3 Å². The molecule has 0 amide bonds. The summed E-state index contributed by atoms with van der Waals surface area (Å²) in [5.74, 6) is 9.97. The van der Waals surface area contributed by atoms with E-state index < -0.39 is 0 Å². The van der Waals surface area contributed by atoms with Crippen LogP contribution in [0.5, 0.6) is 0 Å². The molecule has 0 saturated carbocycles. The molecule has 24 nitrogen and oxygen atoms in total. The lowest BCUT2D eigenvalue weighted by molar-refractivity contribution is -0.659. The molecule has 12 aromatic carbocycles. The van der Waals surface area contributed by atoms with Crippen molar-refractivity contribution < 1.29 is 58.2 Å². The van der Waals surface area contributed by atoms with Crippen LogP contribution in [0.25, 0.3) is 217 Å². The Bertz CT molecular complexity index is 9780. The monoisotopic (exact) mass is 1960 g/mol. The van der Waals surface area contributed by atoms with Gasteiger partial charge in [0.2, 0.25) is 16.2 Å². The lowest BCUT2D eigenvalue weighted by atomic mass is 10.0. The zero-order valence-electron chi connectivity index (χ0n) is 87.0. The van der Waals surface area contributed by atoms with Crippen LogP contribution in [0.4, 0.5) is 0 Å². The molecular formula is C122H113N16O8S+5.